The van der Waals surface area contributed by atoms with Crippen molar-refractivity contribution in [3.63, 3.8) is 0 Å². The van der Waals surface area contributed by atoms with Crippen molar-refractivity contribution < 1.29 is 9.53 Å². The number of fused-ring (bicyclic) bond motifs is 1. The van der Waals surface area contributed by atoms with Crippen LogP contribution < -0.4 is 21.0 Å². The smallest absolute Gasteiger partial charge is 0.258 e. The molecule has 0 saturated carbocycles. The van der Waals surface area contributed by atoms with Gasteiger partial charge in [-0.25, -0.2) is 16.3 Å². The molecular weight excluding hydrogens is 450 g/mol. The number of rotatable bonds is 7. The minimum absolute atomic E-state index is 0.0127. The van der Waals surface area contributed by atoms with E-state index in [1.807, 2.05) is 79.0 Å². The summed E-state index contributed by atoms with van der Waals surface area (Å²) in [6, 6.07) is 23.1. The molecule has 34 heavy (non-hydrogen) atoms. The molecule has 1 saturated heterocycles. The highest BCUT2D eigenvalue weighted by molar-refractivity contribution is 6.30. The van der Waals surface area contributed by atoms with Crippen LogP contribution in [0.1, 0.15) is 29.2 Å². The molecule has 0 spiro atoms. The van der Waals surface area contributed by atoms with E-state index in [0.29, 0.717) is 18.1 Å². The Hall–Kier alpha value is -3.65. The Morgan fingerprint density at radius 1 is 1.06 bits per heavy atom. The van der Waals surface area contributed by atoms with Crippen LogP contribution in [-0.2, 0) is 11.4 Å². The van der Waals surface area contributed by atoms with Gasteiger partial charge in [-0.15, -0.1) is 0 Å². The van der Waals surface area contributed by atoms with Crippen LogP contribution in [-0.4, -0.2) is 23.1 Å². The number of nitrogens with one attached hydrogen (secondary N) is 4. The maximum atomic E-state index is 12.5. The monoisotopic (exact) mass is 473 g/mol. The van der Waals surface area contributed by atoms with E-state index >= 15 is 0 Å². The molecule has 4 aromatic rings. The maximum absolute atomic E-state index is 12.5. The second kappa shape index (κ2) is 10.1. The topological polar surface area (TPSA) is 90.5 Å². The number of hydrogen-bond acceptors (Lipinski definition) is 5. The van der Waals surface area contributed by atoms with Crippen molar-refractivity contribution in [3.8, 4) is 5.75 Å². The molecule has 2 heterocycles. The molecule has 0 radical (unpaired) electrons. The van der Waals surface area contributed by atoms with Gasteiger partial charge in [-0.3, -0.25) is 4.79 Å². The van der Waals surface area contributed by atoms with Gasteiger partial charge in [0, 0.05) is 33.7 Å². The fourth-order valence-corrected chi connectivity index (χ4v) is 4.06. The van der Waals surface area contributed by atoms with E-state index in [9.17, 15) is 4.79 Å². The van der Waals surface area contributed by atoms with E-state index in [1.54, 1.807) is 6.21 Å². The third-order valence-corrected chi connectivity index (χ3v) is 6.07. The number of hydrogen-bond donors (Lipinski definition) is 4. The summed E-state index contributed by atoms with van der Waals surface area (Å²) in [7, 11) is 0. The zero-order chi connectivity index (χ0) is 23.3. The van der Waals surface area contributed by atoms with Crippen molar-refractivity contribution in [3.05, 3.63) is 101 Å². The Morgan fingerprint density at radius 2 is 1.85 bits per heavy atom. The van der Waals surface area contributed by atoms with Gasteiger partial charge in [0.1, 0.15) is 18.4 Å². The lowest BCUT2D eigenvalue weighted by molar-refractivity contribution is -0.122. The van der Waals surface area contributed by atoms with Crippen LogP contribution in [0.2, 0.25) is 5.02 Å². The highest BCUT2D eigenvalue weighted by Crippen LogP contribution is 2.25. The summed E-state index contributed by atoms with van der Waals surface area (Å²) in [5, 5.41) is 5.90. The standard InChI is InChI=1S/C26H24ClN5O2/c27-20-9-5-17(6-10-20)16-34-21-11-7-18(8-12-21)24-13-25(31-30-24)26(33)32-29-15-19-14-28-23-4-2-1-3-22(19)23/h1-12,14-15,24-25,28,30-31H,13,16H2,(H,32,33)/b29-15+. The van der Waals surface area contributed by atoms with Crippen molar-refractivity contribution in [2.75, 3.05) is 0 Å². The molecule has 1 aliphatic heterocycles. The first-order valence-corrected chi connectivity index (χ1v) is 11.4. The van der Waals surface area contributed by atoms with E-state index in [4.69, 9.17) is 16.3 Å². The number of amides is 1. The van der Waals surface area contributed by atoms with Gasteiger partial charge in [-0.1, -0.05) is 54.1 Å². The summed E-state index contributed by atoms with van der Waals surface area (Å²) < 4.78 is 5.85. The molecular formula is C26H24ClN5O2. The first-order chi connectivity index (χ1) is 16.7. The van der Waals surface area contributed by atoms with Crippen LogP contribution in [0.5, 0.6) is 5.75 Å². The quantitative estimate of drug-likeness (QED) is 0.236. The van der Waals surface area contributed by atoms with Crippen LogP contribution in [0.15, 0.2) is 84.1 Å². The van der Waals surface area contributed by atoms with Crippen molar-refractivity contribution >= 4 is 34.6 Å². The normalized spacial score (nSPS) is 17.9. The van der Waals surface area contributed by atoms with E-state index in [-0.39, 0.29) is 18.0 Å². The lowest BCUT2D eigenvalue weighted by atomic mass is 10.0. The third-order valence-electron chi connectivity index (χ3n) is 5.82. The van der Waals surface area contributed by atoms with E-state index < -0.39 is 0 Å². The Morgan fingerprint density at radius 3 is 2.68 bits per heavy atom. The van der Waals surface area contributed by atoms with Crippen LogP contribution in [0.25, 0.3) is 10.9 Å². The van der Waals surface area contributed by atoms with Crippen molar-refractivity contribution in [1.82, 2.24) is 21.3 Å². The Bertz CT molecular complexity index is 1300. The molecule has 1 aliphatic rings. The minimum atomic E-state index is -0.383. The summed E-state index contributed by atoms with van der Waals surface area (Å²) in [6.07, 6.45) is 4.13. The lowest BCUT2D eigenvalue weighted by Gasteiger charge is -2.11. The number of para-hydroxylation sites is 1. The fourth-order valence-electron chi connectivity index (χ4n) is 3.93. The molecule has 2 atom stereocenters. The fraction of sp³-hybridized carbons (Fsp3) is 0.154. The largest absolute Gasteiger partial charge is 0.489 e. The summed E-state index contributed by atoms with van der Waals surface area (Å²) >= 11 is 5.92. The van der Waals surface area contributed by atoms with Crippen molar-refractivity contribution in [1.29, 1.82) is 0 Å². The predicted molar refractivity (Wildman–Crippen MR) is 134 cm³/mol. The average molecular weight is 474 g/mol. The number of carbonyl (C=O) groups excluding carboxylic acids is 1. The van der Waals surface area contributed by atoms with Crippen LogP contribution in [0.4, 0.5) is 0 Å². The number of aromatic amines is 1. The van der Waals surface area contributed by atoms with Gasteiger partial charge < -0.3 is 9.72 Å². The van der Waals surface area contributed by atoms with Gasteiger partial charge in [-0.05, 0) is 47.9 Å². The molecule has 0 bridgehead atoms. The summed E-state index contributed by atoms with van der Waals surface area (Å²) in [6.45, 7) is 0.473. The number of hydrazine groups is 1. The number of aromatic nitrogens is 1. The summed E-state index contributed by atoms with van der Waals surface area (Å²) in [4.78, 5) is 15.7. The van der Waals surface area contributed by atoms with Gasteiger partial charge >= 0.3 is 0 Å². The zero-order valence-electron chi connectivity index (χ0n) is 18.3. The summed E-state index contributed by atoms with van der Waals surface area (Å²) in [5.41, 5.74) is 13.0. The van der Waals surface area contributed by atoms with Crippen LogP contribution >= 0.6 is 11.6 Å². The van der Waals surface area contributed by atoms with Crippen molar-refractivity contribution in [2.24, 2.45) is 5.10 Å². The second-order valence-corrected chi connectivity index (χ2v) is 8.57. The molecule has 8 heteroatoms. The number of nitrogens with zero attached hydrogens (tertiary/aromatic N) is 1. The van der Waals surface area contributed by atoms with Crippen LogP contribution in [0, 0.1) is 0 Å². The van der Waals surface area contributed by atoms with Gasteiger partial charge in [0.05, 0.1) is 6.21 Å². The zero-order valence-corrected chi connectivity index (χ0v) is 19.0. The first-order valence-electron chi connectivity index (χ1n) is 11.0. The lowest BCUT2D eigenvalue weighted by Crippen LogP contribution is -2.41. The van der Waals surface area contributed by atoms with Gasteiger partial charge in [-0.2, -0.15) is 5.10 Å². The number of benzene rings is 3. The van der Waals surface area contributed by atoms with Crippen LogP contribution in [0.3, 0.4) is 0 Å². The molecule has 1 fully saturated rings. The maximum Gasteiger partial charge on any atom is 0.258 e. The van der Waals surface area contributed by atoms with E-state index in [2.05, 4.69) is 26.4 Å². The Balaban J connectivity index is 1.12. The number of hydrazone groups is 1. The molecule has 7 nitrogen and oxygen atoms in total. The van der Waals surface area contributed by atoms with Gasteiger partial charge in [0.2, 0.25) is 0 Å². The molecule has 1 aromatic heterocycles. The minimum Gasteiger partial charge on any atom is -0.489 e. The van der Waals surface area contributed by atoms with Gasteiger partial charge in [0.25, 0.3) is 5.91 Å². The highest BCUT2D eigenvalue weighted by atomic mass is 35.5. The Kier molecular flexibility index (Phi) is 6.58. The number of ether oxygens (including phenoxy) is 1. The number of H-pyrrole nitrogens is 1. The second-order valence-electron chi connectivity index (χ2n) is 8.14. The average Bonchev–Trinajstić information content (AvgIpc) is 3.52. The number of carbonyl (C=O) groups is 1. The SMILES string of the molecule is O=C(N/N=C/c1c[nH]c2ccccc12)C1CC(c2ccc(OCc3ccc(Cl)cc3)cc2)NN1. The molecule has 3 aromatic carbocycles. The molecule has 4 N–H and O–H groups in total. The first kappa shape index (κ1) is 22.2. The summed E-state index contributed by atoms with van der Waals surface area (Å²) in [5.74, 6) is 0.597. The molecule has 0 aliphatic carbocycles. The third kappa shape index (κ3) is 5.12. The molecule has 5 rings (SSSR count). The molecule has 172 valence electrons. The molecule has 2 unspecified atom stereocenters. The van der Waals surface area contributed by atoms with E-state index in [1.165, 1.54) is 0 Å². The van der Waals surface area contributed by atoms with E-state index in [0.717, 1.165) is 33.3 Å². The Labute approximate surface area is 202 Å². The highest BCUT2D eigenvalue weighted by Gasteiger charge is 2.30. The van der Waals surface area contributed by atoms with Gasteiger partial charge in [0.15, 0.2) is 0 Å². The van der Waals surface area contributed by atoms with Crippen molar-refractivity contribution in [2.45, 2.75) is 25.1 Å². The molecule has 1 amide bonds. The predicted octanol–water partition coefficient (Wildman–Crippen LogP) is 4.46. The number of halogens is 1.